The Kier molecular flexibility index (Phi) is 13.3. The van der Waals surface area contributed by atoms with Crippen molar-refractivity contribution < 1.29 is 41.0 Å². The van der Waals surface area contributed by atoms with Crippen molar-refractivity contribution in [3.8, 4) is 0 Å². The minimum atomic E-state index is -1.40. The van der Waals surface area contributed by atoms with Gasteiger partial charge in [0.25, 0.3) is 0 Å². The molecule has 5 atom stereocenters. The van der Waals surface area contributed by atoms with Gasteiger partial charge in [0.15, 0.2) is 0 Å². The summed E-state index contributed by atoms with van der Waals surface area (Å²) >= 11 is 4.23. The van der Waals surface area contributed by atoms with Crippen molar-refractivity contribution in [2.24, 2.45) is 0 Å². The Morgan fingerprint density at radius 3 is 2.51 bits per heavy atom. The fourth-order valence-electron chi connectivity index (χ4n) is 3.54. The number of aromatic amines is 1. The molecule has 1 aromatic carbocycles. The molecule has 0 bridgehead atoms. The molecular formula is C23H29IN5O5Pt-2. The number of amides is 1. The van der Waals surface area contributed by atoms with Gasteiger partial charge in [-0.2, -0.15) is 0 Å². The number of halogens is 1. The van der Waals surface area contributed by atoms with Gasteiger partial charge in [-0.15, -0.1) is 12.1 Å². The third-order valence-electron chi connectivity index (χ3n) is 5.44. The number of hydrogen-bond acceptors (Lipinski definition) is 6. The van der Waals surface area contributed by atoms with Crippen LogP contribution in [0.15, 0.2) is 55.0 Å². The zero-order valence-corrected chi connectivity index (χ0v) is 23.1. The molecule has 3 aromatic rings. The number of aliphatic hydroxyl groups is 3. The van der Waals surface area contributed by atoms with E-state index in [1.54, 1.807) is 12.4 Å². The summed E-state index contributed by atoms with van der Waals surface area (Å²) in [6.45, 7) is 0.187. The molecule has 1 aliphatic heterocycles. The summed E-state index contributed by atoms with van der Waals surface area (Å²) in [7, 11) is 0. The minimum absolute atomic E-state index is 0.0426. The molecule has 0 radical (unpaired) electrons. The van der Waals surface area contributed by atoms with Gasteiger partial charge in [0.1, 0.15) is 12.4 Å². The summed E-state index contributed by atoms with van der Waals surface area (Å²) in [5.74, 6) is 0.0426. The smallest absolute Gasteiger partial charge is 0.137 e. The number of para-hydroxylation sites is 1. The quantitative estimate of drug-likeness (QED) is 0.240. The number of nitrogens with one attached hydrogen (secondary N) is 4. The maximum atomic E-state index is 11.9. The second-order valence-electron chi connectivity index (χ2n) is 7.78. The van der Waals surface area contributed by atoms with Gasteiger partial charge in [0.2, 0.25) is 5.91 Å². The molecule has 1 amide bonds. The van der Waals surface area contributed by atoms with Gasteiger partial charge < -0.3 is 41.8 Å². The van der Waals surface area contributed by atoms with E-state index >= 15 is 0 Å². The molecule has 35 heavy (non-hydrogen) atoms. The number of rotatable bonds is 6. The van der Waals surface area contributed by atoms with Crippen LogP contribution < -0.4 is 5.32 Å². The first kappa shape index (κ1) is 29.8. The number of pyridine rings is 1. The van der Waals surface area contributed by atoms with E-state index in [9.17, 15) is 9.90 Å². The number of fused-ring (bicyclic) bond motifs is 1. The summed E-state index contributed by atoms with van der Waals surface area (Å²) in [6, 6.07) is 9.61. The van der Waals surface area contributed by atoms with Crippen molar-refractivity contribution in [1.82, 2.24) is 15.3 Å². The molecule has 2 aromatic heterocycles. The van der Waals surface area contributed by atoms with E-state index < -0.39 is 37.2 Å². The monoisotopic (exact) mass is 777 g/mol. The number of benzene rings is 1. The molecule has 7 N–H and O–H groups in total. The van der Waals surface area contributed by atoms with Crippen molar-refractivity contribution in [2.45, 2.75) is 43.4 Å². The predicted octanol–water partition coefficient (Wildman–Crippen LogP) is 2.25. The SMILES string of the molecule is O=C(Cc1ccncc1)NCCc1c[nH]c2ccccc12.[I][Pt].[NH-][C@H]1[C@H](O)[C@@H](CO)OC(O)[C@@H]1[NH-]. The van der Waals surface area contributed by atoms with Gasteiger partial charge in [-0.05, 0) is 35.7 Å². The maximum absolute atomic E-state index is 11.9. The summed E-state index contributed by atoms with van der Waals surface area (Å²) < 4.78 is 4.68. The Morgan fingerprint density at radius 1 is 1.14 bits per heavy atom. The summed E-state index contributed by atoms with van der Waals surface area (Å²) in [4.78, 5) is 19.1. The molecule has 4 rings (SSSR count). The topological polar surface area (TPSA) is 175 Å². The standard InChI is InChI=1S/C17H17N3O.C6H12N2O4.HI.Pt/c21-17(11-13-5-8-18-9-6-13)19-10-7-14-12-20-16-4-2-1-3-15(14)16;7-3-4(8)6(11)12-2(1-9)5(3)10;;/h1-6,8-9,12,20H,7,10-11H2,(H,19,21);2-11H,1H2;1H;/q;-2;;+1/p-1/t;2-,3-,4-,5-,6?;;/m.1../s1. The molecule has 1 saturated heterocycles. The summed E-state index contributed by atoms with van der Waals surface area (Å²) in [5, 5.41) is 31.1. The Balaban J connectivity index is 0.000000263. The van der Waals surface area contributed by atoms with E-state index in [2.05, 4.69) is 67.6 Å². The average molecular weight is 777 g/mol. The van der Waals surface area contributed by atoms with E-state index in [1.807, 2.05) is 30.5 Å². The molecule has 0 spiro atoms. The number of ether oxygens (including phenoxy) is 1. The molecule has 12 heteroatoms. The maximum Gasteiger partial charge on any atom is 0.137 e. The second-order valence-corrected chi connectivity index (χ2v) is 7.78. The van der Waals surface area contributed by atoms with Gasteiger partial charge in [-0.25, -0.2) is 0 Å². The van der Waals surface area contributed by atoms with E-state index in [4.69, 9.17) is 21.7 Å². The first-order valence-electron chi connectivity index (χ1n) is 10.8. The zero-order valence-electron chi connectivity index (χ0n) is 18.7. The third kappa shape index (κ3) is 8.87. The predicted molar refractivity (Wildman–Crippen MR) is 137 cm³/mol. The molecule has 10 nitrogen and oxygen atoms in total. The molecule has 0 saturated carbocycles. The van der Waals surface area contributed by atoms with Gasteiger partial charge in [0, 0.05) is 36.0 Å². The molecular weight excluding hydrogens is 748 g/mol. The van der Waals surface area contributed by atoms with E-state index in [-0.39, 0.29) is 5.91 Å². The third-order valence-corrected chi connectivity index (χ3v) is 5.44. The first-order valence-corrected chi connectivity index (χ1v) is 17.2. The fourth-order valence-corrected chi connectivity index (χ4v) is 3.54. The number of aliphatic hydroxyl groups excluding tert-OH is 3. The van der Waals surface area contributed by atoms with Crippen LogP contribution in [0.5, 0.6) is 0 Å². The van der Waals surface area contributed by atoms with Crippen LogP contribution >= 0.6 is 19.4 Å². The minimum Gasteiger partial charge on any atom is -0.674 e. The van der Waals surface area contributed by atoms with Crippen LogP contribution in [0, 0.1) is 0 Å². The van der Waals surface area contributed by atoms with Crippen LogP contribution in [-0.4, -0.2) is 74.9 Å². The number of carbonyl (C=O) groups is 1. The molecule has 0 aliphatic carbocycles. The molecule has 1 aliphatic rings. The molecule has 195 valence electrons. The molecule has 1 unspecified atom stereocenters. The summed E-state index contributed by atoms with van der Waals surface area (Å²) in [6.07, 6.45) is 3.09. The zero-order chi connectivity index (χ0) is 25.8. The number of carbonyl (C=O) groups excluding carboxylic acids is 1. The average Bonchev–Trinajstić information content (AvgIpc) is 3.30. The second kappa shape index (κ2) is 15.6. The van der Waals surface area contributed by atoms with Gasteiger partial charge in [0.05, 0.1) is 19.1 Å². The first-order chi connectivity index (χ1) is 16.9. The van der Waals surface area contributed by atoms with Gasteiger partial charge in [-0.3, -0.25) is 9.78 Å². The number of hydrogen-bond donors (Lipinski definition) is 5. The Hall–Kier alpha value is -1.44. The summed E-state index contributed by atoms with van der Waals surface area (Å²) in [5.41, 5.74) is 17.8. The van der Waals surface area contributed by atoms with Crippen molar-refractivity contribution in [3.05, 3.63) is 77.6 Å². The van der Waals surface area contributed by atoms with Crippen LogP contribution in [0.2, 0.25) is 0 Å². The van der Waals surface area contributed by atoms with Crippen LogP contribution in [0.3, 0.4) is 0 Å². The Bertz CT molecular complexity index is 1020. The molecule has 3 heterocycles. The van der Waals surface area contributed by atoms with Crippen LogP contribution in [-0.2, 0) is 38.5 Å². The van der Waals surface area contributed by atoms with E-state index in [0.29, 0.717) is 13.0 Å². The van der Waals surface area contributed by atoms with Crippen molar-refractivity contribution in [1.29, 1.82) is 0 Å². The fraction of sp³-hybridized carbons (Fsp3) is 0.391. The van der Waals surface area contributed by atoms with Crippen molar-refractivity contribution >= 4 is 36.2 Å². The normalized spacial score (nSPS) is 23.5. The Labute approximate surface area is 225 Å². The van der Waals surface area contributed by atoms with Crippen LogP contribution in [0.4, 0.5) is 0 Å². The van der Waals surface area contributed by atoms with Crippen molar-refractivity contribution in [2.75, 3.05) is 13.2 Å². The van der Waals surface area contributed by atoms with Crippen LogP contribution in [0.25, 0.3) is 22.4 Å². The number of H-pyrrole nitrogens is 1. The Morgan fingerprint density at radius 2 is 1.83 bits per heavy atom. The van der Waals surface area contributed by atoms with E-state index in [1.165, 1.54) is 10.9 Å². The largest absolute Gasteiger partial charge is 0.674 e. The van der Waals surface area contributed by atoms with Gasteiger partial charge >= 0.3 is 35.5 Å². The van der Waals surface area contributed by atoms with E-state index in [0.717, 1.165) is 17.5 Å². The van der Waals surface area contributed by atoms with Crippen LogP contribution in [0.1, 0.15) is 11.1 Å². The number of aromatic nitrogens is 2. The number of nitrogens with zero attached hydrogens (tertiary/aromatic N) is 1. The van der Waals surface area contributed by atoms with Crippen molar-refractivity contribution in [3.63, 3.8) is 0 Å². The van der Waals surface area contributed by atoms with Gasteiger partial charge in [-0.1, -0.05) is 18.2 Å². The molecule has 1 fully saturated rings.